The van der Waals surface area contributed by atoms with Crippen LogP contribution in [0.2, 0.25) is 0 Å². The Hall–Kier alpha value is -0.820. The maximum absolute atomic E-state index is 11.0. The molecule has 1 N–H and O–H groups in total. The van der Waals surface area contributed by atoms with Gasteiger partial charge in [0.1, 0.15) is 6.61 Å². The maximum atomic E-state index is 11.0. The first-order chi connectivity index (χ1) is 7.05. The summed E-state index contributed by atoms with van der Waals surface area (Å²) >= 11 is 0. The minimum absolute atomic E-state index is 0.0821. The molecule has 0 aliphatic carbocycles. The monoisotopic (exact) mass is 236 g/mol. The number of hydrogen-bond acceptors (Lipinski definition) is 4. The number of carbonyl (C=O) groups excluding carboxylic acids is 1. The highest BCUT2D eigenvalue weighted by atomic mass is 32.2. The fourth-order valence-corrected chi connectivity index (χ4v) is 1.89. The second kappa shape index (κ2) is 5.32. The predicted molar refractivity (Wildman–Crippen MR) is 55.0 cm³/mol. The number of carbonyl (C=O) groups is 1. The molecule has 0 saturated carbocycles. The smallest absolute Gasteiger partial charge is 0.409 e. The molecule has 0 unspecified atom stereocenters. The second-order valence-corrected chi connectivity index (χ2v) is 5.35. The summed E-state index contributed by atoms with van der Waals surface area (Å²) in [4.78, 5) is 12.6. The molecule has 0 aromatic heterocycles. The molecule has 0 bridgehead atoms. The van der Waals surface area contributed by atoms with E-state index in [1.54, 1.807) is 11.8 Å². The number of rotatable bonds is 6. The third kappa shape index (κ3) is 4.05. The molecule has 1 amide bonds. The molecule has 1 rings (SSSR count). The van der Waals surface area contributed by atoms with Gasteiger partial charge in [-0.1, -0.05) is 0 Å². The Kier molecular flexibility index (Phi) is 4.34. The van der Waals surface area contributed by atoms with E-state index in [2.05, 4.69) is 4.72 Å². The van der Waals surface area contributed by atoms with Gasteiger partial charge in [0.15, 0.2) is 0 Å². The van der Waals surface area contributed by atoms with Crippen molar-refractivity contribution < 1.29 is 17.9 Å². The van der Waals surface area contributed by atoms with Gasteiger partial charge in [-0.15, -0.1) is 0 Å². The van der Waals surface area contributed by atoms with E-state index in [1.807, 2.05) is 0 Å². The van der Waals surface area contributed by atoms with Crippen molar-refractivity contribution in [3.63, 3.8) is 0 Å². The van der Waals surface area contributed by atoms with Crippen molar-refractivity contribution in [1.29, 1.82) is 0 Å². The minimum Gasteiger partial charge on any atom is -0.448 e. The third-order valence-electron chi connectivity index (χ3n) is 2.15. The zero-order valence-corrected chi connectivity index (χ0v) is 9.55. The number of nitrogens with one attached hydrogen (secondary N) is 1. The lowest BCUT2D eigenvalue weighted by Crippen LogP contribution is -2.31. The lowest BCUT2D eigenvalue weighted by atomic mass is 10.4. The highest BCUT2D eigenvalue weighted by molar-refractivity contribution is 7.89. The van der Waals surface area contributed by atoms with Crippen LogP contribution in [-0.2, 0) is 14.8 Å². The molecule has 0 spiro atoms. The van der Waals surface area contributed by atoms with Crippen molar-refractivity contribution in [2.45, 2.75) is 13.3 Å². The summed E-state index contributed by atoms with van der Waals surface area (Å²) in [6, 6.07) is 0. The van der Waals surface area contributed by atoms with Gasteiger partial charge in [0, 0.05) is 13.1 Å². The van der Waals surface area contributed by atoms with Gasteiger partial charge >= 0.3 is 6.09 Å². The third-order valence-corrected chi connectivity index (χ3v) is 3.56. The molecule has 1 aliphatic rings. The van der Waals surface area contributed by atoms with Gasteiger partial charge in [0.25, 0.3) is 0 Å². The number of nitrogens with zero attached hydrogens (tertiary/aromatic N) is 1. The van der Waals surface area contributed by atoms with Crippen molar-refractivity contribution in [3.05, 3.63) is 0 Å². The van der Waals surface area contributed by atoms with Crippen LogP contribution in [0.3, 0.4) is 0 Å². The molecule has 1 heterocycles. The molecule has 0 atom stereocenters. The van der Waals surface area contributed by atoms with Gasteiger partial charge < -0.3 is 9.64 Å². The van der Waals surface area contributed by atoms with Gasteiger partial charge in [0.2, 0.25) is 10.0 Å². The van der Waals surface area contributed by atoms with E-state index in [0.29, 0.717) is 32.7 Å². The SMILES string of the molecule is CCS(=O)(=O)NCCCN1CCOC1=O. The summed E-state index contributed by atoms with van der Waals surface area (Å²) in [5.41, 5.74) is 0. The molecular formula is C8H16N2O4S. The van der Waals surface area contributed by atoms with Crippen LogP contribution in [0.25, 0.3) is 0 Å². The summed E-state index contributed by atoms with van der Waals surface area (Å²) in [5, 5.41) is 0. The number of amides is 1. The molecular weight excluding hydrogens is 220 g/mol. The van der Waals surface area contributed by atoms with E-state index in [0.717, 1.165) is 0 Å². The first-order valence-corrected chi connectivity index (χ1v) is 6.59. The first-order valence-electron chi connectivity index (χ1n) is 4.94. The molecule has 6 nitrogen and oxygen atoms in total. The Labute approximate surface area is 89.6 Å². The molecule has 0 aromatic rings. The van der Waals surface area contributed by atoms with Crippen LogP contribution in [0, 0.1) is 0 Å². The van der Waals surface area contributed by atoms with Crippen molar-refractivity contribution in [1.82, 2.24) is 9.62 Å². The van der Waals surface area contributed by atoms with Gasteiger partial charge in [-0.2, -0.15) is 0 Å². The number of ether oxygens (including phenoxy) is 1. The lowest BCUT2D eigenvalue weighted by molar-refractivity contribution is 0.158. The maximum Gasteiger partial charge on any atom is 0.409 e. The average Bonchev–Trinajstić information content (AvgIpc) is 2.59. The minimum atomic E-state index is -3.11. The van der Waals surface area contributed by atoms with Gasteiger partial charge in [0.05, 0.1) is 12.3 Å². The topological polar surface area (TPSA) is 75.7 Å². The Bertz CT molecular complexity index is 315. The zero-order valence-electron chi connectivity index (χ0n) is 8.73. The fourth-order valence-electron chi connectivity index (χ4n) is 1.23. The van der Waals surface area contributed by atoms with Gasteiger partial charge in [-0.25, -0.2) is 17.9 Å². The van der Waals surface area contributed by atoms with Gasteiger partial charge in [-0.05, 0) is 13.3 Å². The van der Waals surface area contributed by atoms with Crippen LogP contribution in [0.5, 0.6) is 0 Å². The summed E-state index contributed by atoms with van der Waals surface area (Å²) in [6.45, 7) is 3.50. The van der Waals surface area contributed by atoms with Crippen molar-refractivity contribution in [2.24, 2.45) is 0 Å². The van der Waals surface area contributed by atoms with E-state index in [-0.39, 0.29) is 11.8 Å². The Morgan fingerprint density at radius 2 is 2.27 bits per heavy atom. The summed E-state index contributed by atoms with van der Waals surface area (Å²) in [7, 11) is -3.11. The van der Waals surface area contributed by atoms with Crippen LogP contribution in [-0.4, -0.2) is 51.4 Å². The van der Waals surface area contributed by atoms with Crippen LogP contribution in [0.15, 0.2) is 0 Å². The summed E-state index contributed by atoms with van der Waals surface area (Å²) in [6.07, 6.45) is 0.294. The van der Waals surface area contributed by atoms with E-state index in [1.165, 1.54) is 0 Å². The number of hydrogen-bond donors (Lipinski definition) is 1. The van der Waals surface area contributed by atoms with E-state index >= 15 is 0 Å². The Morgan fingerprint density at radius 1 is 1.53 bits per heavy atom. The zero-order chi connectivity index (χ0) is 11.3. The summed E-state index contributed by atoms with van der Waals surface area (Å²) in [5.74, 6) is 0.0821. The van der Waals surface area contributed by atoms with E-state index in [9.17, 15) is 13.2 Å². The molecule has 88 valence electrons. The molecule has 0 aromatic carbocycles. The predicted octanol–water partition coefficient (Wildman–Crippen LogP) is -0.232. The summed E-state index contributed by atoms with van der Waals surface area (Å²) < 4.78 is 29.3. The average molecular weight is 236 g/mol. The molecule has 1 fully saturated rings. The molecule has 1 saturated heterocycles. The molecule has 7 heteroatoms. The molecule has 1 aliphatic heterocycles. The highest BCUT2D eigenvalue weighted by Crippen LogP contribution is 2.03. The number of cyclic esters (lactones) is 1. The van der Waals surface area contributed by atoms with Crippen LogP contribution >= 0.6 is 0 Å². The Balaban J connectivity index is 2.14. The molecule has 0 radical (unpaired) electrons. The standard InChI is InChI=1S/C8H16N2O4S/c1-2-15(12,13)9-4-3-5-10-6-7-14-8(10)11/h9H,2-7H2,1H3. The molecule has 15 heavy (non-hydrogen) atoms. The quantitative estimate of drug-likeness (QED) is 0.646. The van der Waals surface area contributed by atoms with Crippen LogP contribution < -0.4 is 4.72 Å². The van der Waals surface area contributed by atoms with Crippen molar-refractivity contribution in [2.75, 3.05) is 32.0 Å². The van der Waals surface area contributed by atoms with Crippen LogP contribution in [0.1, 0.15) is 13.3 Å². The van der Waals surface area contributed by atoms with E-state index in [4.69, 9.17) is 4.74 Å². The van der Waals surface area contributed by atoms with E-state index < -0.39 is 10.0 Å². The normalized spacial score (nSPS) is 16.9. The number of sulfonamides is 1. The largest absolute Gasteiger partial charge is 0.448 e. The highest BCUT2D eigenvalue weighted by Gasteiger charge is 2.20. The van der Waals surface area contributed by atoms with Crippen molar-refractivity contribution in [3.8, 4) is 0 Å². The van der Waals surface area contributed by atoms with Crippen molar-refractivity contribution >= 4 is 16.1 Å². The fraction of sp³-hybridized carbons (Fsp3) is 0.875. The second-order valence-electron chi connectivity index (χ2n) is 3.25. The lowest BCUT2D eigenvalue weighted by Gasteiger charge is -2.12. The first kappa shape index (κ1) is 12.3. The van der Waals surface area contributed by atoms with Gasteiger partial charge in [-0.3, -0.25) is 0 Å². The van der Waals surface area contributed by atoms with Crippen LogP contribution in [0.4, 0.5) is 4.79 Å². The Morgan fingerprint density at radius 3 is 2.80 bits per heavy atom.